The quantitative estimate of drug-likeness (QED) is 0.332. The molecule has 147 valence electrons. The van der Waals surface area contributed by atoms with Crippen LogP contribution >= 0.6 is 24.8 Å². The molecule has 2 aliphatic carbocycles. The first-order valence-electron chi connectivity index (χ1n) is 9.22. The number of hydrogen-bond donors (Lipinski definition) is 0. The van der Waals surface area contributed by atoms with E-state index in [2.05, 4.69) is 38.5 Å². The molecule has 0 amide bonds. The van der Waals surface area contributed by atoms with E-state index in [4.69, 9.17) is 0 Å². The van der Waals surface area contributed by atoms with E-state index in [0.29, 0.717) is 5.92 Å². The summed E-state index contributed by atoms with van der Waals surface area (Å²) in [5.41, 5.74) is 1.42. The maximum Gasteiger partial charge on any atom is 3.00 e. The smallest absolute Gasteiger partial charge is 0.462 e. The van der Waals surface area contributed by atoms with Gasteiger partial charge in [-0.1, -0.05) is 64.7 Å². The van der Waals surface area contributed by atoms with Gasteiger partial charge in [-0.15, -0.1) is 24.8 Å². The van der Waals surface area contributed by atoms with Crippen molar-refractivity contribution in [2.24, 2.45) is 5.92 Å². The Labute approximate surface area is 186 Å². The fourth-order valence-corrected chi connectivity index (χ4v) is 2.37. The molecule has 0 aromatic heterocycles. The number of nitrogens with zero attached hydrogens (tertiary/aromatic N) is 1. The molecule has 2 rings (SSSR count). The monoisotopic (exact) mass is 424 g/mol. The van der Waals surface area contributed by atoms with Crippen LogP contribution in [0, 0.1) is 25.0 Å². The van der Waals surface area contributed by atoms with Crippen LogP contribution in [0.25, 0.3) is 0 Å². The van der Waals surface area contributed by atoms with Crippen molar-refractivity contribution in [3.63, 3.8) is 0 Å². The van der Waals surface area contributed by atoms with Crippen molar-refractivity contribution >= 4 is 24.8 Å². The van der Waals surface area contributed by atoms with Crippen molar-refractivity contribution in [3.05, 3.63) is 36.8 Å². The molecule has 1 fully saturated rings. The molecule has 1 nitrogen and oxygen atoms in total. The van der Waals surface area contributed by atoms with E-state index < -0.39 is 0 Å². The predicted octanol–water partition coefficient (Wildman–Crippen LogP) is 7.23. The second-order valence-electron chi connectivity index (χ2n) is 6.32. The Morgan fingerprint density at radius 1 is 1.12 bits per heavy atom. The Bertz CT molecular complexity index is 289. The minimum absolute atomic E-state index is 0. The van der Waals surface area contributed by atoms with Crippen molar-refractivity contribution in [1.82, 2.24) is 4.90 Å². The minimum atomic E-state index is 0. The summed E-state index contributed by atoms with van der Waals surface area (Å²) < 4.78 is 0. The third-order valence-electron chi connectivity index (χ3n) is 3.85. The van der Waals surface area contributed by atoms with Gasteiger partial charge in [0.2, 0.25) is 0 Å². The zero-order chi connectivity index (χ0) is 16.6. The molecule has 1 radical (unpaired) electrons. The Morgan fingerprint density at radius 3 is 2.00 bits per heavy atom. The summed E-state index contributed by atoms with van der Waals surface area (Å²) in [6.45, 7) is 8.45. The van der Waals surface area contributed by atoms with Crippen molar-refractivity contribution in [1.29, 1.82) is 0 Å². The summed E-state index contributed by atoms with van der Waals surface area (Å²) in [6, 6.07) is 0. The molecule has 1 atom stereocenters. The van der Waals surface area contributed by atoms with Gasteiger partial charge in [-0.3, -0.25) is 12.6 Å². The molecule has 25 heavy (non-hydrogen) atoms. The van der Waals surface area contributed by atoms with Crippen molar-refractivity contribution in [2.45, 2.75) is 78.6 Å². The van der Waals surface area contributed by atoms with Gasteiger partial charge >= 0.3 is 21.7 Å². The van der Waals surface area contributed by atoms with Crippen LogP contribution in [-0.4, -0.2) is 19.0 Å². The second kappa shape index (κ2) is 24.7. The van der Waals surface area contributed by atoms with Gasteiger partial charge in [0.25, 0.3) is 0 Å². The van der Waals surface area contributed by atoms with E-state index in [0.717, 1.165) is 0 Å². The van der Waals surface area contributed by atoms with Crippen molar-refractivity contribution < 1.29 is 21.7 Å². The fourth-order valence-electron chi connectivity index (χ4n) is 2.37. The zero-order valence-corrected chi connectivity index (χ0v) is 20.2. The van der Waals surface area contributed by atoms with Gasteiger partial charge in [0, 0.05) is 0 Å². The molecular weight excluding hydrogens is 385 g/mol. The average molecular weight is 425 g/mol. The van der Waals surface area contributed by atoms with Crippen molar-refractivity contribution in [2.75, 3.05) is 14.1 Å². The summed E-state index contributed by atoms with van der Waals surface area (Å²) in [5.74, 6) is 0.626. The van der Waals surface area contributed by atoms with Gasteiger partial charge < -0.3 is 11.3 Å². The summed E-state index contributed by atoms with van der Waals surface area (Å²) in [7, 11) is 4.00. The third-order valence-corrected chi connectivity index (χ3v) is 3.85. The van der Waals surface area contributed by atoms with Crippen LogP contribution in [0.5, 0.6) is 0 Å². The summed E-state index contributed by atoms with van der Waals surface area (Å²) in [5, 5.41) is 0. The van der Waals surface area contributed by atoms with Gasteiger partial charge in [0.15, 0.2) is 0 Å². The molecule has 4 heteroatoms. The minimum Gasteiger partial charge on any atom is -0.462 e. The fraction of sp³-hybridized carbons (Fsp3) is 0.714. The van der Waals surface area contributed by atoms with Crippen LogP contribution in [-0.2, 0) is 21.7 Å². The first-order valence-corrected chi connectivity index (χ1v) is 9.22. The molecule has 0 saturated heterocycles. The normalized spacial score (nSPS) is 17.5. The standard InChI is InChI=1S/C11H17.C6H11.C4H10N.2ClH.Ti/c1-3-5-10-7-8-11(9-10)6-4-2;1-2-4-6-5-3-1;1-4-5(2)3;;;/h7-8,10H,3-6H2,1-2H3;1H,2-6H2;4H,1-3H3;2*1H;/q3*-1;;;+3. The molecule has 1 saturated carbocycles. The number of allylic oxidation sites excluding steroid dienone is 4. The van der Waals surface area contributed by atoms with E-state index in [1.807, 2.05) is 32.5 Å². The predicted molar refractivity (Wildman–Crippen MR) is 115 cm³/mol. The van der Waals surface area contributed by atoms with Crippen LogP contribution in [0.4, 0.5) is 0 Å². The van der Waals surface area contributed by atoms with E-state index in [9.17, 15) is 0 Å². The van der Waals surface area contributed by atoms with E-state index in [1.54, 1.807) is 0 Å². The second-order valence-corrected chi connectivity index (χ2v) is 6.32. The SMILES string of the molecule is CCCC1=[C-]C(CCC)C=C1.C[CH-]N(C)C.Cl.Cl.[CH-]1CCCCC1.[Ti+3]. The molecule has 1 unspecified atom stereocenters. The summed E-state index contributed by atoms with van der Waals surface area (Å²) in [4.78, 5) is 2.00. The van der Waals surface area contributed by atoms with E-state index in [-0.39, 0.29) is 46.5 Å². The molecular formula is C21H40Cl2NTi. The van der Waals surface area contributed by atoms with Gasteiger partial charge in [0.1, 0.15) is 0 Å². The van der Waals surface area contributed by atoms with E-state index >= 15 is 0 Å². The van der Waals surface area contributed by atoms with Crippen LogP contribution in [0.3, 0.4) is 0 Å². The maximum absolute atomic E-state index is 3.50. The molecule has 0 aromatic carbocycles. The average Bonchev–Trinajstić information content (AvgIpc) is 2.98. The van der Waals surface area contributed by atoms with Crippen LogP contribution in [0.15, 0.2) is 17.7 Å². The number of halogens is 2. The molecule has 0 spiro atoms. The largest absolute Gasteiger partial charge is 3.00 e. The third kappa shape index (κ3) is 22.7. The van der Waals surface area contributed by atoms with Crippen LogP contribution < -0.4 is 0 Å². The van der Waals surface area contributed by atoms with Crippen LogP contribution in [0.2, 0.25) is 0 Å². The molecule has 0 N–H and O–H groups in total. The van der Waals surface area contributed by atoms with Gasteiger partial charge in [0.05, 0.1) is 0 Å². The molecule has 0 bridgehead atoms. The van der Waals surface area contributed by atoms with E-state index in [1.165, 1.54) is 63.4 Å². The molecule has 2 aliphatic rings. The topological polar surface area (TPSA) is 3.24 Å². The van der Waals surface area contributed by atoms with Crippen molar-refractivity contribution in [3.8, 4) is 0 Å². The van der Waals surface area contributed by atoms with Crippen LogP contribution in [0.1, 0.15) is 78.6 Å². The van der Waals surface area contributed by atoms with Gasteiger partial charge in [-0.25, -0.2) is 11.6 Å². The zero-order valence-electron chi connectivity index (χ0n) is 17.0. The molecule has 0 aromatic rings. The molecule has 0 aliphatic heterocycles. The first-order chi connectivity index (χ1) is 10.6. The maximum atomic E-state index is 3.50. The molecule has 0 heterocycles. The Hall–Kier alpha value is 0.734. The number of rotatable bonds is 5. The van der Waals surface area contributed by atoms with Gasteiger partial charge in [-0.05, 0) is 14.1 Å². The summed E-state index contributed by atoms with van der Waals surface area (Å²) >= 11 is 0. The number of hydrogen-bond acceptors (Lipinski definition) is 1. The first kappa shape index (κ1) is 33.3. The Kier molecular flexibility index (Phi) is 33.0. The summed E-state index contributed by atoms with van der Waals surface area (Å²) in [6.07, 6.45) is 22.5. The Morgan fingerprint density at radius 2 is 1.68 bits per heavy atom. The Balaban J connectivity index is -0.000000137. The van der Waals surface area contributed by atoms with Gasteiger partial charge in [-0.2, -0.15) is 25.8 Å².